The first kappa shape index (κ1) is 11.8. The Morgan fingerprint density at radius 2 is 2.28 bits per heavy atom. The molecular formula is C14H16ClN3. The van der Waals surface area contributed by atoms with Gasteiger partial charge >= 0.3 is 0 Å². The summed E-state index contributed by atoms with van der Waals surface area (Å²) in [6.07, 6.45) is 1.90. The second-order valence-electron chi connectivity index (χ2n) is 4.95. The topological polar surface area (TPSA) is 43.8 Å². The predicted molar refractivity (Wildman–Crippen MR) is 73.7 cm³/mol. The van der Waals surface area contributed by atoms with E-state index in [-0.39, 0.29) is 6.04 Å². The zero-order valence-corrected chi connectivity index (χ0v) is 11.1. The number of nitrogens with two attached hydrogens (primary N) is 1. The molecule has 1 aliphatic rings. The van der Waals surface area contributed by atoms with Crippen LogP contribution in [0.5, 0.6) is 0 Å². The largest absolute Gasteiger partial charge is 0.326 e. The summed E-state index contributed by atoms with van der Waals surface area (Å²) < 4.78 is 2.17. The van der Waals surface area contributed by atoms with Gasteiger partial charge in [-0.15, -0.1) is 0 Å². The summed E-state index contributed by atoms with van der Waals surface area (Å²) >= 11 is 6.23. The summed E-state index contributed by atoms with van der Waals surface area (Å²) in [5, 5.41) is 0.624. The SMILES string of the molecule is Cc1cccc(-c2nc(Cl)c3n2CC(N)CC3)c1. The van der Waals surface area contributed by atoms with E-state index in [2.05, 4.69) is 34.7 Å². The number of hydrogen-bond acceptors (Lipinski definition) is 2. The zero-order chi connectivity index (χ0) is 12.7. The third kappa shape index (κ3) is 1.93. The van der Waals surface area contributed by atoms with Gasteiger partial charge in [0.05, 0.1) is 5.69 Å². The Morgan fingerprint density at radius 3 is 3.06 bits per heavy atom. The van der Waals surface area contributed by atoms with Crippen molar-refractivity contribution in [2.45, 2.75) is 32.4 Å². The molecule has 0 fully saturated rings. The average Bonchev–Trinajstić information content (AvgIpc) is 2.66. The fourth-order valence-corrected chi connectivity index (χ4v) is 2.82. The summed E-state index contributed by atoms with van der Waals surface area (Å²) in [5.74, 6) is 0.939. The maximum absolute atomic E-state index is 6.23. The van der Waals surface area contributed by atoms with Crippen molar-refractivity contribution < 1.29 is 0 Å². The van der Waals surface area contributed by atoms with E-state index in [0.29, 0.717) is 5.15 Å². The molecule has 1 aromatic carbocycles. The van der Waals surface area contributed by atoms with Crippen LogP contribution in [0.2, 0.25) is 5.15 Å². The van der Waals surface area contributed by atoms with Crippen LogP contribution >= 0.6 is 11.6 Å². The summed E-state index contributed by atoms with van der Waals surface area (Å²) in [4.78, 5) is 4.51. The Bertz CT molecular complexity index is 589. The van der Waals surface area contributed by atoms with Gasteiger partial charge in [-0.25, -0.2) is 4.98 Å². The number of halogens is 1. The van der Waals surface area contributed by atoms with Gasteiger partial charge in [-0.2, -0.15) is 0 Å². The number of fused-ring (bicyclic) bond motifs is 1. The summed E-state index contributed by atoms with van der Waals surface area (Å²) in [5.41, 5.74) is 9.50. The lowest BCUT2D eigenvalue weighted by Gasteiger charge is -2.22. The van der Waals surface area contributed by atoms with Crippen LogP contribution in [0.1, 0.15) is 17.7 Å². The number of benzene rings is 1. The Labute approximate surface area is 112 Å². The van der Waals surface area contributed by atoms with E-state index in [9.17, 15) is 0 Å². The second kappa shape index (κ2) is 4.41. The maximum Gasteiger partial charge on any atom is 0.150 e. The molecule has 0 bridgehead atoms. The quantitative estimate of drug-likeness (QED) is 0.858. The van der Waals surface area contributed by atoms with Crippen LogP contribution in [0.25, 0.3) is 11.4 Å². The Kier molecular flexibility index (Phi) is 2.88. The first-order valence-electron chi connectivity index (χ1n) is 6.22. The minimum absolute atomic E-state index is 0.200. The van der Waals surface area contributed by atoms with E-state index in [1.165, 1.54) is 5.56 Å². The zero-order valence-electron chi connectivity index (χ0n) is 10.4. The number of rotatable bonds is 1. The molecule has 1 aliphatic heterocycles. The van der Waals surface area contributed by atoms with Crippen LogP contribution in [-0.4, -0.2) is 15.6 Å². The second-order valence-corrected chi connectivity index (χ2v) is 5.31. The molecule has 2 N–H and O–H groups in total. The molecule has 0 saturated heterocycles. The van der Waals surface area contributed by atoms with Gasteiger partial charge in [-0.1, -0.05) is 35.4 Å². The fraction of sp³-hybridized carbons (Fsp3) is 0.357. The van der Waals surface area contributed by atoms with E-state index < -0.39 is 0 Å². The van der Waals surface area contributed by atoms with Crippen LogP contribution in [0.3, 0.4) is 0 Å². The van der Waals surface area contributed by atoms with E-state index in [1.54, 1.807) is 0 Å². The van der Waals surface area contributed by atoms with Crippen molar-refractivity contribution in [1.82, 2.24) is 9.55 Å². The normalized spacial score (nSPS) is 18.7. The van der Waals surface area contributed by atoms with Crippen molar-refractivity contribution in [3.63, 3.8) is 0 Å². The molecule has 2 heterocycles. The molecule has 1 unspecified atom stereocenters. The van der Waals surface area contributed by atoms with Crippen LogP contribution in [0.4, 0.5) is 0 Å². The highest BCUT2D eigenvalue weighted by atomic mass is 35.5. The maximum atomic E-state index is 6.23. The number of imidazole rings is 1. The molecule has 0 radical (unpaired) electrons. The van der Waals surface area contributed by atoms with Crippen LogP contribution in [0, 0.1) is 6.92 Å². The summed E-state index contributed by atoms with van der Waals surface area (Å²) in [6.45, 7) is 2.88. The summed E-state index contributed by atoms with van der Waals surface area (Å²) in [6, 6.07) is 8.52. The predicted octanol–water partition coefficient (Wildman–Crippen LogP) is 2.79. The molecule has 3 nitrogen and oxygen atoms in total. The van der Waals surface area contributed by atoms with Gasteiger partial charge in [-0.3, -0.25) is 0 Å². The molecule has 94 valence electrons. The number of aromatic nitrogens is 2. The van der Waals surface area contributed by atoms with Crippen LogP contribution < -0.4 is 5.73 Å². The van der Waals surface area contributed by atoms with Crippen LogP contribution in [-0.2, 0) is 13.0 Å². The molecule has 1 atom stereocenters. The molecule has 0 aliphatic carbocycles. The van der Waals surface area contributed by atoms with Gasteiger partial charge in [0.25, 0.3) is 0 Å². The van der Waals surface area contributed by atoms with Gasteiger partial charge in [0.1, 0.15) is 5.82 Å². The lowest BCUT2D eigenvalue weighted by atomic mass is 10.1. The van der Waals surface area contributed by atoms with Gasteiger partial charge in [0.15, 0.2) is 5.15 Å². The third-order valence-electron chi connectivity index (χ3n) is 3.47. The van der Waals surface area contributed by atoms with Crippen molar-refractivity contribution in [3.05, 3.63) is 40.7 Å². The monoisotopic (exact) mass is 261 g/mol. The smallest absolute Gasteiger partial charge is 0.150 e. The Hall–Kier alpha value is -1.32. The van der Waals surface area contributed by atoms with E-state index in [0.717, 1.165) is 36.5 Å². The standard InChI is InChI=1S/C14H16ClN3/c1-9-3-2-4-10(7-9)14-17-13(15)12-6-5-11(16)8-18(12)14/h2-4,7,11H,5-6,8,16H2,1H3. The highest BCUT2D eigenvalue weighted by molar-refractivity contribution is 6.30. The third-order valence-corrected chi connectivity index (χ3v) is 3.77. The fourth-order valence-electron chi connectivity index (χ4n) is 2.54. The Balaban J connectivity index is 2.13. The highest BCUT2D eigenvalue weighted by Gasteiger charge is 2.23. The molecule has 3 rings (SSSR count). The molecule has 2 aromatic rings. The van der Waals surface area contributed by atoms with Gasteiger partial charge in [0.2, 0.25) is 0 Å². The van der Waals surface area contributed by atoms with Crippen LogP contribution in [0.15, 0.2) is 24.3 Å². The van der Waals surface area contributed by atoms with E-state index in [1.807, 2.05) is 6.07 Å². The van der Waals surface area contributed by atoms with Gasteiger partial charge in [-0.05, 0) is 25.8 Å². The van der Waals surface area contributed by atoms with E-state index in [4.69, 9.17) is 17.3 Å². The van der Waals surface area contributed by atoms with Gasteiger partial charge in [0, 0.05) is 18.2 Å². The minimum atomic E-state index is 0.200. The highest BCUT2D eigenvalue weighted by Crippen LogP contribution is 2.29. The lowest BCUT2D eigenvalue weighted by molar-refractivity contribution is 0.464. The molecule has 0 spiro atoms. The molecule has 0 saturated carbocycles. The van der Waals surface area contributed by atoms with Crippen molar-refractivity contribution >= 4 is 11.6 Å². The minimum Gasteiger partial charge on any atom is -0.326 e. The number of hydrogen-bond donors (Lipinski definition) is 1. The van der Waals surface area contributed by atoms with Crippen molar-refractivity contribution in [3.8, 4) is 11.4 Å². The molecule has 4 heteroatoms. The van der Waals surface area contributed by atoms with Gasteiger partial charge < -0.3 is 10.3 Å². The average molecular weight is 262 g/mol. The molecule has 18 heavy (non-hydrogen) atoms. The lowest BCUT2D eigenvalue weighted by Crippen LogP contribution is -2.32. The summed E-state index contributed by atoms with van der Waals surface area (Å²) in [7, 11) is 0. The Morgan fingerprint density at radius 1 is 1.44 bits per heavy atom. The van der Waals surface area contributed by atoms with Crippen molar-refractivity contribution in [2.24, 2.45) is 5.73 Å². The van der Waals surface area contributed by atoms with Crippen molar-refractivity contribution in [2.75, 3.05) is 0 Å². The number of aryl methyl sites for hydroxylation is 1. The first-order chi connectivity index (χ1) is 8.65. The molecule has 1 aromatic heterocycles. The molecular weight excluding hydrogens is 246 g/mol. The number of nitrogens with zero attached hydrogens (tertiary/aromatic N) is 2. The van der Waals surface area contributed by atoms with E-state index >= 15 is 0 Å². The van der Waals surface area contributed by atoms with Crippen molar-refractivity contribution in [1.29, 1.82) is 0 Å². The molecule has 0 amide bonds. The first-order valence-corrected chi connectivity index (χ1v) is 6.60.